The van der Waals surface area contributed by atoms with E-state index in [4.69, 9.17) is 38.0 Å². The number of methoxy groups -OCH3 is 1. The lowest BCUT2D eigenvalue weighted by Gasteiger charge is -2.15. The summed E-state index contributed by atoms with van der Waals surface area (Å²) in [5, 5.41) is 0.646. The lowest BCUT2D eigenvalue weighted by Crippen LogP contribution is -2.27. The Morgan fingerprint density at radius 1 is 1.03 bits per heavy atom. The van der Waals surface area contributed by atoms with Gasteiger partial charge >= 0.3 is 0 Å². The first-order valence-corrected chi connectivity index (χ1v) is 12.2. The second-order valence-electron chi connectivity index (χ2n) is 7.23. The van der Waals surface area contributed by atoms with E-state index >= 15 is 0 Å². The fourth-order valence-corrected chi connectivity index (χ4v) is 4.85. The van der Waals surface area contributed by atoms with E-state index < -0.39 is 0 Å². The molecule has 34 heavy (non-hydrogen) atoms. The van der Waals surface area contributed by atoms with Crippen molar-refractivity contribution in [2.45, 2.75) is 13.5 Å². The maximum atomic E-state index is 13.1. The van der Waals surface area contributed by atoms with Crippen LogP contribution >= 0.6 is 35.6 Å². The molecule has 0 spiro atoms. The van der Waals surface area contributed by atoms with Crippen molar-refractivity contribution in [3.63, 3.8) is 0 Å². The van der Waals surface area contributed by atoms with Crippen molar-refractivity contribution >= 4 is 57.6 Å². The maximum absolute atomic E-state index is 13.1. The highest BCUT2D eigenvalue weighted by Gasteiger charge is 2.33. The zero-order valence-electron chi connectivity index (χ0n) is 18.6. The van der Waals surface area contributed by atoms with Gasteiger partial charge < -0.3 is 14.2 Å². The molecule has 0 aromatic heterocycles. The van der Waals surface area contributed by atoms with Gasteiger partial charge in [-0.3, -0.25) is 9.69 Å². The minimum absolute atomic E-state index is 0.169. The molecule has 3 aromatic rings. The van der Waals surface area contributed by atoms with Gasteiger partial charge in [0.25, 0.3) is 5.91 Å². The lowest BCUT2D eigenvalue weighted by atomic mass is 10.1. The summed E-state index contributed by atoms with van der Waals surface area (Å²) in [6.45, 7) is 2.82. The number of thiocarbonyl (C=S) groups is 1. The summed E-state index contributed by atoms with van der Waals surface area (Å²) >= 11 is 13.0. The molecule has 3 aromatic carbocycles. The Labute approximate surface area is 213 Å². The summed E-state index contributed by atoms with van der Waals surface area (Å²) in [4.78, 5) is 15.2. The van der Waals surface area contributed by atoms with Gasteiger partial charge in [0.15, 0.2) is 15.8 Å². The number of hydrogen-bond donors (Lipinski definition) is 0. The Morgan fingerprint density at radius 2 is 1.79 bits per heavy atom. The minimum Gasteiger partial charge on any atom is -0.494 e. The zero-order valence-corrected chi connectivity index (χ0v) is 21.0. The molecule has 1 amide bonds. The van der Waals surface area contributed by atoms with E-state index in [2.05, 4.69) is 0 Å². The van der Waals surface area contributed by atoms with E-state index in [1.807, 2.05) is 73.7 Å². The Bertz CT molecular complexity index is 1240. The molecule has 1 aliphatic heterocycles. The normalized spacial score (nSPS) is 14.6. The average Bonchev–Trinajstić information content (AvgIpc) is 3.12. The lowest BCUT2D eigenvalue weighted by molar-refractivity contribution is -0.113. The summed E-state index contributed by atoms with van der Waals surface area (Å²) in [7, 11) is 1.58. The molecule has 0 N–H and O–H groups in total. The molecule has 0 aliphatic carbocycles. The first kappa shape index (κ1) is 24.1. The molecule has 0 bridgehead atoms. The SMILES string of the molecule is CCOc1ccc(N2C(=O)/C(=C/c3ccc(OCc4ccccc4Cl)c(OC)c3)SC2=S)cc1. The van der Waals surface area contributed by atoms with Crippen molar-refractivity contribution in [3.05, 3.63) is 87.8 Å². The van der Waals surface area contributed by atoms with Crippen LogP contribution in [0.4, 0.5) is 5.69 Å². The molecule has 0 atom stereocenters. The summed E-state index contributed by atoms with van der Waals surface area (Å²) < 4.78 is 17.4. The fraction of sp³-hybridized carbons (Fsp3) is 0.154. The van der Waals surface area contributed by atoms with E-state index in [9.17, 15) is 4.79 Å². The zero-order chi connectivity index (χ0) is 24.1. The molecule has 1 aliphatic rings. The predicted molar refractivity (Wildman–Crippen MR) is 142 cm³/mol. The van der Waals surface area contributed by atoms with Crippen LogP contribution in [0.15, 0.2) is 71.6 Å². The van der Waals surface area contributed by atoms with Gasteiger partial charge in [0.2, 0.25) is 0 Å². The van der Waals surface area contributed by atoms with Crippen molar-refractivity contribution in [1.29, 1.82) is 0 Å². The van der Waals surface area contributed by atoms with Crippen molar-refractivity contribution in [2.75, 3.05) is 18.6 Å². The molecule has 0 saturated carbocycles. The van der Waals surface area contributed by atoms with Crippen LogP contribution in [0.2, 0.25) is 5.02 Å². The van der Waals surface area contributed by atoms with Crippen LogP contribution in [-0.2, 0) is 11.4 Å². The molecular weight excluding hydrogens is 490 g/mol. The van der Waals surface area contributed by atoms with Crippen molar-refractivity contribution in [3.8, 4) is 17.2 Å². The second-order valence-corrected chi connectivity index (χ2v) is 9.32. The summed E-state index contributed by atoms with van der Waals surface area (Å²) in [5.41, 5.74) is 2.39. The fourth-order valence-electron chi connectivity index (χ4n) is 3.36. The van der Waals surface area contributed by atoms with E-state index in [0.29, 0.717) is 44.6 Å². The highest BCUT2D eigenvalue weighted by Crippen LogP contribution is 2.38. The summed E-state index contributed by atoms with van der Waals surface area (Å²) in [6.07, 6.45) is 1.80. The molecule has 0 unspecified atom stereocenters. The Hall–Kier alpha value is -3.00. The van der Waals surface area contributed by atoms with E-state index in [1.54, 1.807) is 13.2 Å². The third-order valence-corrected chi connectivity index (χ3v) is 6.70. The van der Waals surface area contributed by atoms with Gasteiger partial charge in [-0.1, -0.05) is 59.8 Å². The average molecular weight is 512 g/mol. The number of anilines is 1. The van der Waals surface area contributed by atoms with Crippen molar-refractivity contribution in [1.82, 2.24) is 0 Å². The predicted octanol–water partition coefficient (Wildman–Crippen LogP) is 6.73. The van der Waals surface area contributed by atoms with Crippen molar-refractivity contribution in [2.24, 2.45) is 0 Å². The molecule has 1 fully saturated rings. The van der Waals surface area contributed by atoms with Crippen LogP contribution in [0.5, 0.6) is 17.2 Å². The molecule has 8 heteroatoms. The number of carbonyl (C=O) groups is 1. The number of halogens is 1. The molecule has 1 heterocycles. The van der Waals surface area contributed by atoms with Gasteiger partial charge in [-0.25, -0.2) is 0 Å². The number of hydrogen-bond acceptors (Lipinski definition) is 6. The molecule has 1 saturated heterocycles. The van der Waals surface area contributed by atoms with E-state index in [1.165, 1.54) is 16.7 Å². The summed E-state index contributed by atoms with van der Waals surface area (Å²) in [5.74, 6) is 1.72. The standard InChI is InChI=1S/C26H22ClNO4S2/c1-3-31-20-11-9-19(10-12-20)28-25(29)24(34-26(28)33)15-17-8-13-22(23(14-17)30-2)32-16-18-6-4-5-7-21(18)27/h4-15H,3,16H2,1-2H3/b24-15-. The Morgan fingerprint density at radius 3 is 2.50 bits per heavy atom. The maximum Gasteiger partial charge on any atom is 0.270 e. The largest absolute Gasteiger partial charge is 0.494 e. The van der Waals surface area contributed by atoms with Gasteiger partial charge in [0.05, 0.1) is 24.3 Å². The summed E-state index contributed by atoms with van der Waals surface area (Å²) in [6, 6.07) is 20.3. The number of rotatable bonds is 8. The quantitative estimate of drug-likeness (QED) is 0.247. The van der Waals surface area contributed by atoms with Crippen LogP contribution in [0.25, 0.3) is 6.08 Å². The molecule has 4 rings (SSSR count). The molecule has 0 radical (unpaired) electrons. The number of thioether (sulfide) groups is 1. The topological polar surface area (TPSA) is 48.0 Å². The van der Waals surface area contributed by atoms with Gasteiger partial charge in [-0.2, -0.15) is 0 Å². The number of carbonyl (C=O) groups excluding carboxylic acids is 1. The Kier molecular flexibility index (Phi) is 7.77. The van der Waals surface area contributed by atoms with Crippen LogP contribution in [-0.4, -0.2) is 23.9 Å². The first-order valence-electron chi connectivity index (χ1n) is 10.5. The van der Waals surface area contributed by atoms with Gasteiger partial charge in [0.1, 0.15) is 12.4 Å². The van der Waals surface area contributed by atoms with E-state index in [-0.39, 0.29) is 5.91 Å². The van der Waals surface area contributed by atoms with Gasteiger partial charge in [-0.15, -0.1) is 0 Å². The first-order chi connectivity index (χ1) is 16.5. The van der Waals surface area contributed by atoms with Gasteiger partial charge in [0, 0.05) is 10.6 Å². The van der Waals surface area contributed by atoms with Crippen LogP contribution in [0, 0.1) is 0 Å². The number of amides is 1. The van der Waals surface area contributed by atoms with E-state index in [0.717, 1.165) is 16.9 Å². The number of benzene rings is 3. The van der Waals surface area contributed by atoms with Crippen LogP contribution < -0.4 is 19.1 Å². The third-order valence-electron chi connectivity index (χ3n) is 5.03. The molecule has 174 valence electrons. The smallest absolute Gasteiger partial charge is 0.270 e. The second kappa shape index (κ2) is 11.0. The minimum atomic E-state index is -0.169. The van der Waals surface area contributed by atoms with Gasteiger partial charge in [-0.05, 0) is 61.0 Å². The molecule has 5 nitrogen and oxygen atoms in total. The monoisotopic (exact) mass is 511 g/mol. The van der Waals surface area contributed by atoms with Crippen LogP contribution in [0.1, 0.15) is 18.1 Å². The highest BCUT2D eigenvalue weighted by atomic mass is 35.5. The Balaban J connectivity index is 1.51. The van der Waals surface area contributed by atoms with Crippen LogP contribution in [0.3, 0.4) is 0 Å². The third kappa shape index (κ3) is 5.38. The molecular formula is C26H22ClNO4S2. The highest BCUT2D eigenvalue weighted by molar-refractivity contribution is 8.27. The number of ether oxygens (including phenoxy) is 3. The number of nitrogens with zero attached hydrogens (tertiary/aromatic N) is 1. The van der Waals surface area contributed by atoms with Crippen molar-refractivity contribution < 1.29 is 19.0 Å².